The summed E-state index contributed by atoms with van der Waals surface area (Å²) in [6, 6.07) is 6.67. The maximum absolute atomic E-state index is 11.3. The van der Waals surface area contributed by atoms with Gasteiger partial charge in [-0.2, -0.15) is 0 Å². The first-order valence-electron chi connectivity index (χ1n) is 8.09. The Morgan fingerprint density at radius 2 is 1.76 bits per heavy atom. The van der Waals surface area contributed by atoms with E-state index in [-0.39, 0.29) is 36.4 Å². The number of hydrogen-bond acceptors (Lipinski definition) is 4. The third kappa shape index (κ3) is 5.00. The van der Waals surface area contributed by atoms with Crippen molar-refractivity contribution >= 4 is 42.4 Å². The number of hydrogen-bond donors (Lipinski definition) is 4. The highest BCUT2D eigenvalue weighted by molar-refractivity contribution is 5.94. The van der Waals surface area contributed by atoms with Gasteiger partial charge in [0.25, 0.3) is 0 Å². The third-order valence-electron chi connectivity index (χ3n) is 5.12. The molecule has 0 spiro atoms. The molecule has 1 aliphatic heterocycles. The van der Waals surface area contributed by atoms with Crippen molar-refractivity contribution in [2.45, 2.75) is 37.8 Å². The number of anilines is 1. The van der Waals surface area contributed by atoms with Crippen LogP contribution in [0.3, 0.4) is 0 Å². The molecule has 6 nitrogen and oxygen atoms in total. The number of halogens is 2. The topological polar surface area (TPSA) is 98.7 Å². The summed E-state index contributed by atoms with van der Waals surface area (Å²) in [7, 11) is 0. The summed E-state index contributed by atoms with van der Waals surface area (Å²) >= 11 is 0. The molecular formula is C17H24Cl2N2O4. The Morgan fingerprint density at radius 1 is 1.04 bits per heavy atom. The Morgan fingerprint density at radius 3 is 2.44 bits per heavy atom. The summed E-state index contributed by atoms with van der Waals surface area (Å²) in [4.78, 5) is 22.5. The van der Waals surface area contributed by atoms with Gasteiger partial charge in [-0.3, -0.25) is 4.79 Å². The lowest BCUT2D eigenvalue weighted by atomic mass is 9.72. The summed E-state index contributed by atoms with van der Waals surface area (Å²) in [5.74, 6) is -0.816. The van der Waals surface area contributed by atoms with Gasteiger partial charge >= 0.3 is 11.9 Å². The SMILES string of the molecule is Cl.Cl.O=C(O)c1ccccc1N[C@H]1CC[C@H]2CN[C@H](C(=O)O)C[C@H]2C1. The minimum Gasteiger partial charge on any atom is -0.480 e. The number of benzene rings is 1. The first kappa shape index (κ1) is 21.5. The van der Waals surface area contributed by atoms with Crippen LogP contribution in [0.1, 0.15) is 36.0 Å². The average molecular weight is 391 g/mol. The van der Waals surface area contributed by atoms with Crippen LogP contribution >= 0.6 is 24.8 Å². The Labute approximate surface area is 159 Å². The molecule has 1 aliphatic carbocycles. The van der Waals surface area contributed by atoms with Crippen molar-refractivity contribution in [3.8, 4) is 0 Å². The number of aromatic carboxylic acids is 1. The van der Waals surface area contributed by atoms with Crippen molar-refractivity contribution in [3.63, 3.8) is 0 Å². The Balaban J connectivity index is 0.00000156. The average Bonchev–Trinajstić information content (AvgIpc) is 2.54. The third-order valence-corrected chi connectivity index (χ3v) is 5.12. The minimum absolute atomic E-state index is 0. The van der Waals surface area contributed by atoms with Gasteiger partial charge in [0.05, 0.1) is 5.56 Å². The molecule has 0 aromatic heterocycles. The molecule has 1 saturated carbocycles. The molecule has 0 bridgehead atoms. The quantitative estimate of drug-likeness (QED) is 0.630. The number of carboxylic acid groups (broad SMARTS) is 2. The van der Waals surface area contributed by atoms with Crippen LogP contribution in [0.5, 0.6) is 0 Å². The molecule has 1 aromatic carbocycles. The number of rotatable bonds is 4. The van der Waals surface area contributed by atoms with Gasteiger partial charge in [0.15, 0.2) is 0 Å². The van der Waals surface area contributed by atoms with Crippen LogP contribution in [0, 0.1) is 11.8 Å². The first-order valence-corrected chi connectivity index (χ1v) is 8.09. The Bertz CT molecular complexity index is 614. The first-order chi connectivity index (χ1) is 11.0. The number of carboxylic acids is 2. The molecule has 4 N–H and O–H groups in total. The highest BCUT2D eigenvalue weighted by Gasteiger charge is 2.37. The molecule has 0 unspecified atom stereocenters. The van der Waals surface area contributed by atoms with Crippen LogP contribution in [-0.2, 0) is 4.79 Å². The van der Waals surface area contributed by atoms with E-state index in [1.807, 2.05) is 6.07 Å². The van der Waals surface area contributed by atoms with Crippen molar-refractivity contribution in [2.24, 2.45) is 11.8 Å². The zero-order chi connectivity index (χ0) is 16.4. The van der Waals surface area contributed by atoms with Crippen molar-refractivity contribution in [1.82, 2.24) is 5.32 Å². The number of piperidine rings is 1. The van der Waals surface area contributed by atoms with Gasteiger partial charge in [-0.25, -0.2) is 4.79 Å². The Kier molecular flexibility index (Phi) is 7.99. The lowest BCUT2D eigenvalue weighted by Gasteiger charge is -2.42. The second-order valence-corrected chi connectivity index (χ2v) is 6.56. The molecule has 1 saturated heterocycles. The number of aliphatic carboxylic acids is 1. The maximum Gasteiger partial charge on any atom is 0.337 e. The Hall–Kier alpha value is -1.50. The van der Waals surface area contributed by atoms with E-state index in [2.05, 4.69) is 10.6 Å². The van der Waals surface area contributed by atoms with Gasteiger partial charge in [0.1, 0.15) is 6.04 Å². The second kappa shape index (κ2) is 9.27. The van der Waals surface area contributed by atoms with Crippen LogP contribution < -0.4 is 10.6 Å². The van der Waals surface area contributed by atoms with Crippen molar-refractivity contribution < 1.29 is 19.8 Å². The fraction of sp³-hybridized carbons (Fsp3) is 0.529. The summed E-state index contributed by atoms with van der Waals surface area (Å²) in [5.41, 5.74) is 0.926. The molecule has 2 aliphatic rings. The van der Waals surface area contributed by atoms with Crippen molar-refractivity contribution in [3.05, 3.63) is 29.8 Å². The highest BCUT2D eigenvalue weighted by atomic mass is 35.5. The molecule has 4 atom stereocenters. The summed E-state index contributed by atoms with van der Waals surface area (Å²) < 4.78 is 0. The fourth-order valence-electron chi connectivity index (χ4n) is 3.90. The highest BCUT2D eigenvalue weighted by Crippen LogP contribution is 2.37. The summed E-state index contributed by atoms with van der Waals surface area (Å²) in [6.07, 6.45) is 3.56. The van der Waals surface area contributed by atoms with E-state index in [9.17, 15) is 19.8 Å². The monoisotopic (exact) mass is 390 g/mol. The molecule has 0 amide bonds. The molecule has 1 heterocycles. The van der Waals surface area contributed by atoms with Crippen molar-refractivity contribution in [2.75, 3.05) is 11.9 Å². The van der Waals surface area contributed by atoms with Gasteiger partial charge in [0, 0.05) is 11.7 Å². The maximum atomic E-state index is 11.3. The fourth-order valence-corrected chi connectivity index (χ4v) is 3.90. The van der Waals surface area contributed by atoms with Gasteiger partial charge in [-0.15, -0.1) is 24.8 Å². The molecular weight excluding hydrogens is 367 g/mol. The van der Waals surface area contributed by atoms with E-state index in [1.165, 1.54) is 0 Å². The number of fused-ring (bicyclic) bond motifs is 1. The molecule has 2 fully saturated rings. The summed E-state index contributed by atoms with van der Waals surface area (Å²) in [5, 5.41) is 24.9. The zero-order valence-electron chi connectivity index (χ0n) is 13.7. The predicted octanol–water partition coefficient (Wildman–Crippen LogP) is 2.87. The lowest BCUT2D eigenvalue weighted by molar-refractivity contribution is -0.141. The standard InChI is InChI=1S/C17H22N2O4.2ClH/c20-16(21)13-3-1-2-4-14(13)19-12-6-5-10-9-18-15(17(22)23)8-11(10)7-12;;/h1-4,10-12,15,18-19H,5-9H2,(H,20,21)(H,22,23);2*1H/t10-,11+,12-,15-;;/m0../s1. The van der Waals surface area contributed by atoms with E-state index in [4.69, 9.17) is 0 Å². The molecule has 140 valence electrons. The number of nitrogens with one attached hydrogen (secondary N) is 2. The van der Waals surface area contributed by atoms with Crippen LogP contribution in [-0.4, -0.2) is 40.8 Å². The zero-order valence-corrected chi connectivity index (χ0v) is 15.3. The predicted molar refractivity (Wildman–Crippen MR) is 100 cm³/mol. The second-order valence-electron chi connectivity index (χ2n) is 6.56. The van der Waals surface area contributed by atoms with Gasteiger partial charge < -0.3 is 20.8 Å². The minimum atomic E-state index is -0.936. The van der Waals surface area contributed by atoms with Gasteiger partial charge in [-0.1, -0.05) is 12.1 Å². The molecule has 3 rings (SSSR count). The normalized spacial score (nSPS) is 27.8. The molecule has 1 aromatic rings. The largest absolute Gasteiger partial charge is 0.480 e. The number of carbonyl (C=O) groups is 2. The van der Waals surface area contributed by atoms with Crippen LogP contribution in [0.2, 0.25) is 0 Å². The lowest BCUT2D eigenvalue weighted by Crippen LogP contribution is -2.50. The van der Waals surface area contributed by atoms with E-state index >= 15 is 0 Å². The van der Waals surface area contributed by atoms with E-state index in [0.717, 1.165) is 25.8 Å². The van der Waals surface area contributed by atoms with Gasteiger partial charge in [-0.05, 0) is 56.2 Å². The smallest absolute Gasteiger partial charge is 0.337 e. The van der Waals surface area contributed by atoms with Crippen LogP contribution in [0.15, 0.2) is 24.3 Å². The molecule has 25 heavy (non-hydrogen) atoms. The van der Waals surface area contributed by atoms with Crippen LogP contribution in [0.25, 0.3) is 0 Å². The van der Waals surface area contributed by atoms with Crippen molar-refractivity contribution in [1.29, 1.82) is 0 Å². The van der Waals surface area contributed by atoms with E-state index < -0.39 is 18.0 Å². The van der Waals surface area contributed by atoms with Crippen LogP contribution in [0.4, 0.5) is 5.69 Å². The molecule has 0 radical (unpaired) electrons. The summed E-state index contributed by atoms with van der Waals surface area (Å²) in [6.45, 7) is 0.764. The number of para-hydroxylation sites is 1. The van der Waals surface area contributed by atoms with E-state index in [1.54, 1.807) is 18.2 Å². The van der Waals surface area contributed by atoms with E-state index in [0.29, 0.717) is 23.9 Å². The van der Waals surface area contributed by atoms with Gasteiger partial charge in [0.2, 0.25) is 0 Å². The molecule has 8 heteroatoms.